The average Bonchev–Trinajstić information content (AvgIpc) is 3.15. The summed E-state index contributed by atoms with van der Waals surface area (Å²) in [5, 5.41) is 3.22. The van der Waals surface area contributed by atoms with Gasteiger partial charge < -0.3 is 4.90 Å². The van der Waals surface area contributed by atoms with E-state index in [1.807, 2.05) is 11.8 Å². The van der Waals surface area contributed by atoms with Gasteiger partial charge in [0.1, 0.15) is 6.33 Å². The second-order valence-corrected chi connectivity index (χ2v) is 7.36. The molecule has 2 fully saturated rings. The number of piperidine rings is 1. The fraction of sp³-hybridized carbons (Fsp3) is 0.500. The van der Waals surface area contributed by atoms with E-state index in [0.717, 1.165) is 49.0 Å². The van der Waals surface area contributed by atoms with Gasteiger partial charge in [0.05, 0.1) is 34.7 Å². The van der Waals surface area contributed by atoms with E-state index in [4.69, 9.17) is 0 Å². The molecule has 0 bridgehead atoms. The molecule has 0 spiro atoms. The van der Waals surface area contributed by atoms with Crippen molar-refractivity contribution in [2.24, 2.45) is 11.8 Å². The van der Waals surface area contributed by atoms with Gasteiger partial charge in [-0.15, -0.1) is 11.3 Å². The zero-order valence-corrected chi connectivity index (χ0v) is 13.9. The Morgan fingerprint density at radius 3 is 2.87 bits per heavy atom. The number of carbonyl (C=O) groups excluding carboxylic acids is 1. The Labute approximate surface area is 139 Å². The van der Waals surface area contributed by atoms with Gasteiger partial charge in [-0.1, -0.05) is 0 Å². The Hall–Kier alpha value is -1.86. The first-order valence-corrected chi connectivity index (χ1v) is 8.78. The molecule has 6 nitrogen and oxygen atoms in total. The van der Waals surface area contributed by atoms with Gasteiger partial charge in [-0.3, -0.25) is 9.69 Å². The molecule has 2 aromatic rings. The maximum Gasteiger partial charge on any atom is 0.231 e. The summed E-state index contributed by atoms with van der Waals surface area (Å²) < 4.78 is 0. The molecule has 23 heavy (non-hydrogen) atoms. The van der Waals surface area contributed by atoms with Gasteiger partial charge in [0, 0.05) is 31.6 Å². The minimum atomic E-state index is 0.0867. The minimum absolute atomic E-state index is 0.0867. The minimum Gasteiger partial charge on any atom is -0.309 e. The van der Waals surface area contributed by atoms with Crippen LogP contribution in [-0.4, -0.2) is 45.4 Å². The fourth-order valence-corrected chi connectivity index (χ4v) is 4.27. The Kier molecular flexibility index (Phi) is 3.82. The van der Waals surface area contributed by atoms with Crippen molar-refractivity contribution in [3.63, 3.8) is 0 Å². The highest BCUT2D eigenvalue weighted by Crippen LogP contribution is 2.34. The lowest BCUT2D eigenvalue weighted by Crippen LogP contribution is -2.45. The summed E-state index contributed by atoms with van der Waals surface area (Å²) in [5.74, 6) is 0.764. The van der Waals surface area contributed by atoms with Gasteiger partial charge in [-0.05, 0) is 19.3 Å². The third-order valence-electron chi connectivity index (χ3n) is 4.73. The first-order valence-electron chi connectivity index (χ1n) is 7.90. The third-order valence-corrected chi connectivity index (χ3v) is 5.56. The quantitative estimate of drug-likeness (QED) is 0.858. The summed E-state index contributed by atoms with van der Waals surface area (Å²) in [7, 11) is 0. The second kappa shape index (κ2) is 5.98. The number of carbonyl (C=O) groups is 1. The Morgan fingerprint density at radius 1 is 1.30 bits per heavy atom. The van der Waals surface area contributed by atoms with Crippen molar-refractivity contribution >= 4 is 22.9 Å². The lowest BCUT2D eigenvalue weighted by molar-refractivity contribution is -0.124. The van der Waals surface area contributed by atoms with Crippen LogP contribution in [0.2, 0.25) is 0 Å². The molecule has 1 amide bonds. The predicted octanol–water partition coefficient (Wildman–Crippen LogP) is 1.73. The van der Waals surface area contributed by atoms with E-state index in [9.17, 15) is 4.79 Å². The molecule has 0 unspecified atom stereocenters. The van der Waals surface area contributed by atoms with Crippen molar-refractivity contribution < 1.29 is 4.79 Å². The van der Waals surface area contributed by atoms with Gasteiger partial charge in [0.2, 0.25) is 5.91 Å². The number of likely N-dealkylation sites (tertiary alicyclic amines) is 1. The largest absolute Gasteiger partial charge is 0.309 e. The van der Waals surface area contributed by atoms with Crippen LogP contribution >= 0.6 is 11.3 Å². The summed E-state index contributed by atoms with van der Waals surface area (Å²) in [6.07, 6.45) is 5.97. The van der Waals surface area contributed by atoms with Crippen LogP contribution in [0.15, 0.2) is 24.1 Å². The number of hydrogen-bond acceptors (Lipinski definition) is 6. The molecule has 0 aromatic carbocycles. The van der Waals surface area contributed by atoms with E-state index in [0.29, 0.717) is 5.92 Å². The lowest BCUT2D eigenvalue weighted by Gasteiger charge is -2.33. The van der Waals surface area contributed by atoms with E-state index >= 15 is 0 Å². The van der Waals surface area contributed by atoms with Crippen molar-refractivity contribution in [1.29, 1.82) is 0 Å². The zero-order chi connectivity index (χ0) is 15.8. The van der Waals surface area contributed by atoms with Crippen molar-refractivity contribution in [3.8, 4) is 0 Å². The maximum absolute atomic E-state index is 12.8. The van der Waals surface area contributed by atoms with Gasteiger partial charge in [-0.25, -0.2) is 15.0 Å². The number of amides is 1. The molecule has 2 aromatic heterocycles. The van der Waals surface area contributed by atoms with Crippen molar-refractivity contribution in [2.75, 3.05) is 24.5 Å². The molecular formula is C16H19N5OS. The first-order chi connectivity index (χ1) is 11.2. The molecular weight excluding hydrogens is 310 g/mol. The van der Waals surface area contributed by atoms with E-state index in [2.05, 4.69) is 25.2 Å². The zero-order valence-electron chi connectivity index (χ0n) is 13.1. The lowest BCUT2D eigenvalue weighted by atomic mass is 9.88. The van der Waals surface area contributed by atoms with Crippen LogP contribution in [0.3, 0.4) is 0 Å². The number of thiazole rings is 1. The molecule has 0 N–H and O–H groups in total. The normalized spacial score (nSPS) is 24.9. The molecule has 0 saturated carbocycles. The van der Waals surface area contributed by atoms with Crippen LogP contribution < -0.4 is 4.90 Å². The van der Waals surface area contributed by atoms with Crippen LogP contribution in [0, 0.1) is 18.8 Å². The van der Waals surface area contributed by atoms with Crippen LogP contribution in [0.4, 0.5) is 5.69 Å². The SMILES string of the molecule is Cc1nc(CN2C[C@H]3CCN(c4cncnc4)C(=O)[C@@H]3C2)cs1. The van der Waals surface area contributed by atoms with Crippen LogP contribution in [0.5, 0.6) is 0 Å². The van der Waals surface area contributed by atoms with Crippen LogP contribution in [-0.2, 0) is 11.3 Å². The number of rotatable bonds is 3. The highest BCUT2D eigenvalue weighted by Gasteiger charge is 2.43. The van der Waals surface area contributed by atoms with E-state index in [1.165, 1.54) is 6.33 Å². The number of nitrogens with zero attached hydrogens (tertiary/aromatic N) is 5. The van der Waals surface area contributed by atoms with Gasteiger partial charge in [-0.2, -0.15) is 0 Å². The molecule has 4 rings (SSSR count). The third kappa shape index (κ3) is 2.86. The number of fused-ring (bicyclic) bond motifs is 1. The standard InChI is InChI=1S/C16H19N5OS/c1-11-19-13(9-23-11)7-20-6-12-2-3-21(16(22)15(12)8-20)14-4-17-10-18-5-14/h4-5,9-10,12,15H,2-3,6-8H2,1H3/t12-,15-/m1/s1. The molecule has 2 aliphatic rings. The van der Waals surface area contributed by atoms with Gasteiger partial charge in [0.15, 0.2) is 0 Å². The van der Waals surface area contributed by atoms with Crippen LogP contribution in [0.1, 0.15) is 17.1 Å². The number of anilines is 1. The maximum atomic E-state index is 12.8. The van der Waals surface area contributed by atoms with Crippen LogP contribution in [0.25, 0.3) is 0 Å². The second-order valence-electron chi connectivity index (χ2n) is 6.29. The average molecular weight is 329 g/mol. The summed E-state index contributed by atoms with van der Waals surface area (Å²) in [5.41, 5.74) is 1.93. The Bertz CT molecular complexity index is 704. The summed E-state index contributed by atoms with van der Waals surface area (Å²) >= 11 is 1.68. The molecule has 0 aliphatic carbocycles. The highest BCUT2D eigenvalue weighted by atomic mass is 32.1. The number of aromatic nitrogens is 3. The monoisotopic (exact) mass is 329 g/mol. The predicted molar refractivity (Wildman–Crippen MR) is 88.1 cm³/mol. The van der Waals surface area contributed by atoms with Gasteiger partial charge >= 0.3 is 0 Å². The highest BCUT2D eigenvalue weighted by molar-refractivity contribution is 7.09. The van der Waals surface area contributed by atoms with Crippen molar-refractivity contribution in [2.45, 2.75) is 19.9 Å². The molecule has 0 radical (unpaired) electrons. The Morgan fingerprint density at radius 2 is 2.13 bits per heavy atom. The van der Waals surface area contributed by atoms with E-state index in [-0.39, 0.29) is 11.8 Å². The van der Waals surface area contributed by atoms with E-state index < -0.39 is 0 Å². The number of hydrogen-bond donors (Lipinski definition) is 0. The van der Waals surface area contributed by atoms with Gasteiger partial charge in [0.25, 0.3) is 0 Å². The first kappa shape index (κ1) is 14.7. The van der Waals surface area contributed by atoms with Crippen molar-refractivity contribution in [3.05, 3.63) is 34.8 Å². The summed E-state index contributed by atoms with van der Waals surface area (Å²) in [6.45, 7) is 5.45. The van der Waals surface area contributed by atoms with Crippen molar-refractivity contribution in [1.82, 2.24) is 19.9 Å². The molecule has 2 saturated heterocycles. The molecule has 2 atom stereocenters. The smallest absolute Gasteiger partial charge is 0.231 e. The number of aryl methyl sites for hydroxylation is 1. The fourth-order valence-electron chi connectivity index (χ4n) is 3.66. The molecule has 2 aliphatic heterocycles. The summed E-state index contributed by atoms with van der Waals surface area (Å²) in [6, 6.07) is 0. The topological polar surface area (TPSA) is 62.2 Å². The van der Waals surface area contributed by atoms with E-state index in [1.54, 1.807) is 23.7 Å². The Balaban J connectivity index is 1.46. The molecule has 7 heteroatoms. The summed E-state index contributed by atoms with van der Waals surface area (Å²) in [4.78, 5) is 29.7. The molecule has 4 heterocycles. The molecule has 120 valence electrons.